The van der Waals surface area contributed by atoms with Crippen LogP contribution in [0.3, 0.4) is 0 Å². The zero-order valence-corrected chi connectivity index (χ0v) is 18.1. The van der Waals surface area contributed by atoms with Crippen molar-refractivity contribution >= 4 is 50.4 Å². The molecule has 4 rings (SSSR count). The fourth-order valence-corrected chi connectivity index (χ4v) is 4.58. The number of carbonyl (C=O) groups is 3. The van der Waals surface area contributed by atoms with Crippen molar-refractivity contribution in [3.63, 3.8) is 0 Å². The summed E-state index contributed by atoms with van der Waals surface area (Å²) in [4.78, 5) is 39.7. The summed E-state index contributed by atoms with van der Waals surface area (Å²) < 4.78 is 11.9. The number of benzene rings is 1. The largest absolute Gasteiger partial charge is 0.456 e. The SMILES string of the molecule is CC(C)(C)OC(=O)c1ccc2nc(Cc3nnc(CC4SC(=O)NC4=O)o3)sc2c1. The number of aromatic nitrogens is 3. The minimum atomic E-state index is -0.564. The van der Waals surface area contributed by atoms with Crippen LogP contribution in [0.1, 0.15) is 47.9 Å². The van der Waals surface area contributed by atoms with Gasteiger partial charge in [0.05, 0.1) is 22.2 Å². The highest BCUT2D eigenvalue weighted by Crippen LogP contribution is 2.27. The normalized spacial score (nSPS) is 16.8. The molecule has 2 amide bonds. The zero-order valence-electron chi connectivity index (χ0n) is 16.4. The number of hydrogen-bond donors (Lipinski definition) is 1. The molecule has 0 aliphatic carbocycles. The Morgan fingerprint density at radius 3 is 2.70 bits per heavy atom. The van der Waals surface area contributed by atoms with Crippen molar-refractivity contribution in [2.75, 3.05) is 0 Å². The third-order valence-electron chi connectivity index (χ3n) is 4.01. The molecule has 1 fully saturated rings. The Hall–Kier alpha value is -2.79. The van der Waals surface area contributed by atoms with E-state index < -0.39 is 10.9 Å². The van der Waals surface area contributed by atoms with Gasteiger partial charge in [0, 0.05) is 6.42 Å². The molecule has 2 aromatic heterocycles. The maximum Gasteiger partial charge on any atom is 0.338 e. The quantitative estimate of drug-likeness (QED) is 0.589. The zero-order chi connectivity index (χ0) is 21.5. The van der Waals surface area contributed by atoms with Crippen LogP contribution in [0, 0.1) is 0 Å². The topological polar surface area (TPSA) is 124 Å². The summed E-state index contributed by atoms with van der Waals surface area (Å²) in [7, 11) is 0. The van der Waals surface area contributed by atoms with E-state index in [-0.39, 0.29) is 23.5 Å². The Bertz CT molecular complexity index is 1150. The first-order chi connectivity index (χ1) is 14.2. The first-order valence-corrected chi connectivity index (χ1v) is 10.8. The summed E-state index contributed by atoms with van der Waals surface area (Å²) in [6, 6.07) is 5.23. The number of carbonyl (C=O) groups excluding carboxylic acids is 3. The summed E-state index contributed by atoms with van der Waals surface area (Å²) >= 11 is 2.34. The van der Waals surface area contributed by atoms with E-state index in [2.05, 4.69) is 20.5 Å². The fraction of sp³-hybridized carbons (Fsp3) is 0.368. The van der Waals surface area contributed by atoms with Gasteiger partial charge in [0.25, 0.3) is 5.24 Å². The van der Waals surface area contributed by atoms with Crippen LogP contribution in [0.25, 0.3) is 10.2 Å². The summed E-state index contributed by atoms with van der Waals surface area (Å²) in [6.45, 7) is 5.47. The van der Waals surface area contributed by atoms with Gasteiger partial charge in [-0.3, -0.25) is 14.9 Å². The highest BCUT2D eigenvalue weighted by Gasteiger charge is 2.33. The fourth-order valence-electron chi connectivity index (χ4n) is 2.77. The number of thiazole rings is 1. The van der Waals surface area contributed by atoms with Crippen molar-refractivity contribution in [2.45, 2.75) is 44.5 Å². The Labute approximate surface area is 179 Å². The molecule has 0 bridgehead atoms. The Balaban J connectivity index is 1.45. The van der Waals surface area contributed by atoms with Crippen LogP contribution in [0.5, 0.6) is 0 Å². The number of amides is 2. The third kappa shape index (κ3) is 4.68. The monoisotopic (exact) mass is 446 g/mol. The number of ether oxygens (including phenoxy) is 1. The van der Waals surface area contributed by atoms with Gasteiger partial charge in [-0.25, -0.2) is 9.78 Å². The highest BCUT2D eigenvalue weighted by molar-refractivity contribution is 8.15. The van der Waals surface area contributed by atoms with E-state index >= 15 is 0 Å². The molecule has 156 valence electrons. The molecule has 1 aromatic carbocycles. The molecule has 1 aliphatic rings. The second kappa shape index (κ2) is 7.80. The van der Waals surface area contributed by atoms with Crippen molar-refractivity contribution in [3.8, 4) is 0 Å². The molecule has 11 heteroatoms. The summed E-state index contributed by atoms with van der Waals surface area (Å²) in [5, 5.41) is 10.0. The van der Waals surface area contributed by atoms with Crippen LogP contribution in [0.2, 0.25) is 0 Å². The Kier molecular flexibility index (Phi) is 5.33. The summed E-state index contributed by atoms with van der Waals surface area (Å²) in [5.41, 5.74) is 0.667. The van der Waals surface area contributed by atoms with Crippen LogP contribution < -0.4 is 5.32 Å². The predicted molar refractivity (Wildman–Crippen MR) is 111 cm³/mol. The number of nitrogens with zero attached hydrogens (tertiary/aromatic N) is 3. The number of fused-ring (bicyclic) bond motifs is 1. The predicted octanol–water partition coefficient (Wildman–Crippen LogP) is 3.12. The van der Waals surface area contributed by atoms with Crippen molar-refractivity contribution in [3.05, 3.63) is 40.6 Å². The lowest BCUT2D eigenvalue weighted by molar-refractivity contribution is -0.119. The van der Waals surface area contributed by atoms with Crippen LogP contribution in [-0.4, -0.2) is 43.1 Å². The second-order valence-corrected chi connectivity index (χ2v) is 9.94. The molecular weight excluding hydrogens is 428 g/mol. The van der Waals surface area contributed by atoms with Crippen LogP contribution in [0.15, 0.2) is 22.6 Å². The van der Waals surface area contributed by atoms with Crippen molar-refractivity contribution in [1.29, 1.82) is 0 Å². The van der Waals surface area contributed by atoms with Gasteiger partial charge in [-0.15, -0.1) is 21.5 Å². The maximum absolute atomic E-state index is 12.3. The molecule has 1 unspecified atom stereocenters. The minimum absolute atomic E-state index is 0.189. The van der Waals surface area contributed by atoms with E-state index in [0.717, 1.165) is 27.0 Å². The van der Waals surface area contributed by atoms with Crippen molar-refractivity contribution < 1.29 is 23.5 Å². The highest BCUT2D eigenvalue weighted by atomic mass is 32.2. The number of nitrogens with one attached hydrogen (secondary N) is 1. The molecule has 1 atom stereocenters. The smallest absolute Gasteiger partial charge is 0.338 e. The minimum Gasteiger partial charge on any atom is -0.456 e. The molecule has 1 aliphatic heterocycles. The molecule has 3 heterocycles. The van der Waals surface area contributed by atoms with Crippen molar-refractivity contribution in [1.82, 2.24) is 20.5 Å². The molecular formula is C19H18N4O5S2. The lowest BCUT2D eigenvalue weighted by Crippen LogP contribution is -2.25. The number of rotatable bonds is 5. The van der Waals surface area contributed by atoms with E-state index in [9.17, 15) is 14.4 Å². The van der Waals surface area contributed by atoms with E-state index in [0.29, 0.717) is 23.8 Å². The number of hydrogen-bond acceptors (Lipinski definition) is 10. The molecule has 1 N–H and O–H groups in total. The summed E-state index contributed by atoms with van der Waals surface area (Å²) in [5.74, 6) is -0.0725. The summed E-state index contributed by atoms with van der Waals surface area (Å²) in [6.07, 6.45) is 0.519. The second-order valence-electron chi connectivity index (χ2n) is 7.65. The molecule has 30 heavy (non-hydrogen) atoms. The van der Waals surface area contributed by atoms with Gasteiger partial charge in [0.1, 0.15) is 15.9 Å². The molecule has 1 saturated heterocycles. The van der Waals surface area contributed by atoms with Crippen LogP contribution in [-0.2, 0) is 22.4 Å². The molecule has 3 aromatic rings. The van der Waals surface area contributed by atoms with Gasteiger partial charge in [0.15, 0.2) is 0 Å². The standard InChI is InChI=1S/C19H18N4O5S2/c1-19(2,3)28-17(25)9-4-5-10-11(6-9)29-15(20-10)8-14-23-22-13(27-14)7-12-16(24)21-18(26)30-12/h4-6,12H,7-8H2,1-3H3,(H,21,24,26). The molecule has 0 saturated carbocycles. The Morgan fingerprint density at radius 1 is 1.23 bits per heavy atom. The Morgan fingerprint density at radius 2 is 2.00 bits per heavy atom. The first-order valence-electron chi connectivity index (χ1n) is 9.12. The van der Waals surface area contributed by atoms with Gasteiger partial charge in [-0.1, -0.05) is 11.8 Å². The van der Waals surface area contributed by atoms with Crippen molar-refractivity contribution in [2.24, 2.45) is 0 Å². The van der Waals surface area contributed by atoms with Gasteiger partial charge >= 0.3 is 5.97 Å². The van der Waals surface area contributed by atoms with E-state index in [1.807, 2.05) is 20.8 Å². The third-order valence-corrected chi connectivity index (χ3v) is 6.01. The number of imide groups is 1. The number of thioether (sulfide) groups is 1. The number of esters is 1. The lowest BCUT2D eigenvalue weighted by Gasteiger charge is -2.19. The first kappa shape index (κ1) is 20.5. The van der Waals surface area contributed by atoms with Gasteiger partial charge < -0.3 is 9.15 Å². The van der Waals surface area contributed by atoms with E-state index in [1.165, 1.54) is 11.3 Å². The van der Waals surface area contributed by atoms with E-state index in [1.54, 1.807) is 18.2 Å². The van der Waals surface area contributed by atoms with Gasteiger partial charge in [0.2, 0.25) is 17.7 Å². The average molecular weight is 447 g/mol. The van der Waals surface area contributed by atoms with Gasteiger partial charge in [-0.05, 0) is 39.0 Å². The maximum atomic E-state index is 12.3. The molecule has 9 nitrogen and oxygen atoms in total. The van der Waals surface area contributed by atoms with Gasteiger partial charge in [-0.2, -0.15) is 0 Å². The average Bonchev–Trinajstić information content (AvgIpc) is 3.32. The van der Waals surface area contributed by atoms with Crippen LogP contribution >= 0.6 is 23.1 Å². The van der Waals surface area contributed by atoms with Crippen LogP contribution in [0.4, 0.5) is 4.79 Å². The molecule has 0 spiro atoms. The van der Waals surface area contributed by atoms with E-state index in [4.69, 9.17) is 9.15 Å². The molecule has 0 radical (unpaired) electrons. The lowest BCUT2D eigenvalue weighted by atomic mass is 10.1.